The third-order valence-electron chi connectivity index (χ3n) is 2.93. The number of nitrogens with one attached hydrogen (secondary N) is 1. The molecule has 0 aromatic heterocycles. The second-order valence-corrected chi connectivity index (χ2v) is 7.58. The zero-order chi connectivity index (χ0) is 15.8. The number of anilines is 2. The molecule has 2 aromatic rings. The molecule has 0 radical (unpaired) electrons. The van der Waals surface area contributed by atoms with Crippen molar-refractivity contribution in [1.82, 2.24) is 0 Å². The molecule has 0 saturated heterocycles. The van der Waals surface area contributed by atoms with E-state index in [1.807, 2.05) is 26.0 Å². The Labute approximate surface area is 137 Å². The van der Waals surface area contributed by atoms with Gasteiger partial charge in [-0.05, 0) is 59.1 Å². The molecule has 0 aliphatic carbocycles. The van der Waals surface area contributed by atoms with Crippen LogP contribution in [-0.2, 0) is 10.0 Å². The molecule has 0 fully saturated rings. The summed E-state index contributed by atoms with van der Waals surface area (Å²) in [6, 6.07) is 8.31. The van der Waals surface area contributed by atoms with Gasteiger partial charge < -0.3 is 5.73 Å². The molecule has 2 aromatic carbocycles. The van der Waals surface area contributed by atoms with E-state index in [-0.39, 0.29) is 15.6 Å². The van der Waals surface area contributed by atoms with Crippen molar-refractivity contribution in [3.63, 3.8) is 0 Å². The second-order valence-electron chi connectivity index (χ2n) is 4.70. The summed E-state index contributed by atoms with van der Waals surface area (Å²) in [5.74, 6) is 0. The zero-order valence-corrected chi connectivity index (χ0v) is 14.6. The van der Waals surface area contributed by atoms with Gasteiger partial charge in [-0.15, -0.1) is 0 Å². The molecule has 0 aliphatic heterocycles. The fraction of sp³-hybridized carbons (Fsp3) is 0.143. The summed E-state index contributed by atoms with van der Waals surface area (Å²) in [5.41, 5.74) is 8.15. The SMILES string of the molecule is Cc1cc(C)c(NS(=O)(=O)c2c(N)cccc2Cl)c(Br)c1. The van der Waals surface area contributed by atoms with Gasteiger partial charge >= 0.3 is 0 Å². The van der Waals surface area contributed by atoms with Crippen LogP contribution in [0.25, 0.3) is 0 Å². The number of nitrogen functional groups attached to an aromatic ring is 1. The van der Waals surface area contributed by atoms with Crippen molar-refractivity contribution in [3.8, 4) is 0 Å². The standard InChI is InChI=1S/C14H14BrClN2O2S/c1-8-6-9(2)13(10(15)7-8)18-21(19,20)14-11(16)4-3-5-12(14)17/h3-7,18H,17H2,1-2H3. The maximum absolute atomic E-state index is 12.5. The molecular weight excluding hydrogens is 376 g/mol. The third kappa shape index (κ3) is 3.33. The van der Waals surface area contributed by atoms with Gasteiger partial charge in [-0.3, -0.25) is 4.72 Å². The Balaban J connectivity index is 2.53. The summed E-state index contributed by atoms with van der Waals surface area (Å²) in [7, 11) is -3.87. The van der Waals surface area contributed by atoms with Crippen LogP contribution in [0.2, 0.25) is 5.02 Å². The summed E-state index contributed by atoms with van der Waals surface area (Å²) < 4.78 is 28.3. The predicted molar refractivity (Wildman–Crippen MR) is 90.3 cm³/mol. The molecule has 112 valence electrons. The van der Waals surface area contributed by atoms with E-state index in [9.17, 15) is 8.42 Å². The molecule has 4 nitrogen and oxygen atoms in total. The number of nitrogens with two attached hydrogens (primary N) is 1. The van der Waals surface area contributed by atoms with Crippen molar-refractivity contribution in [2.24, 2.45) is 0 Å². The van der Waals surface area contributed by atoms with Gasteiger partial charge in [0, 0.05) is 4.47 Å². The van der Waals surface area contributed by atoms with Crippen molar-refractivity contribution in [1.29, 1.82) is 0 Å². The van der Waals surface area contributed by atoms with Gasteiger partial charge in [-0.25, -0.2) is 8.42 Å². The molecule has 21 heavy (non-hydrogen) atoms. The van der Waals surface area contributed by atoms with Crippen LogP contribution in [0.5, 0.6) is 0 Å². The number of hydrogen-bond donors (Lipinski definition) is 2. The molecule has 0 aliphatic rings. The van der Waals surface area contributed by atoms with E-state index in [0.29, 0.717) is 10.2 Å². The second kappa shape index (κ2) is 5.87. The molecular formula is C14H14BrClN2O2S. The van der Waals surface area contributed by atoms with Crippen molar-refractivity contribution in [3.05, 3.63) is 51.0 Å². The van der Waals surface area contributed by atoms with Gasteiger partial charge in [0.1, 0.15) is 4.90 Å². The monoisotopic (exact) mass is 388 g/mol. The van der Waals surface area contributed by atoms with Crippen LogP contribution in [-0.4, -0.2) is 8.42 Å². The lowest BCUT2D eigenvalue weighted by molar-refractivity contribution is 0.601. The van der Waals surface area contributed by atoms with Crippen LogP contribution in [0.3, 0.4) is 0 Å². The van der Waals surface area contributed by atoms with E-state index in [4.69, 9.17) is 17.3 Å². The normalized spacial score (nSPS) is 11.4. The fourth-order valence-electron chi connectivity index (χ4n) is 2.04. The number of benzene rings is 2. The molecule has 0 spiro atoms. The molecule has 2 rings (SSSR count). The average Bonchev–Trinajstić information content (AvgIpc) is 2.33. The molecule has 0 saturated carbocycles. The van der Waals surface area contributed by atoms with Crippen LogP contribution in [0.4, 0.5) is 11.4 Å². The minimum absolute atomic E-state index is 0.0865. The van der Waals surface area contributed by atoms with Crippen molar-refractivity contribution >= 4 is 48.9 Å². The predicted octanol–water partition coefficient (Wildman–Crippen LogP) is 4.10. The number of sulfonamides is 1. The molecule has 7 heteroatoms. The molecule has 0 bridgehead atoms. The van der Waals surface area contributed by atoms with Crippen LogP contribution in [0, 0.1) is 13.8 Å². The average molecular weight is 390 g/mol. The van der Waals surface area contributed by atoms with Gasteiger partial charge in [-0.1, -0.05) is 23.7 Å². The van der Waals surface area contributed by atoms with Crippen molar-refractivity contribution < 1.29 is 8.42 Å². The van der Waals surface area contributed by atoms with Gasteiger partial charge in [0.05, 0.1) is 16.4 Å². The fourth-order valence-corrected chi connectivity index (χ4v) is 4.77. The Morgan fingerprint density at radius 2 is 1.90 bits per heavy atom. The van der Waals surface area contributed by atoms with Crippen molar-refractivity contribution in [2.45, 2.75) is 18.7 Å². The minimum atomic E-state index is -3.87. The van der Waals surface area contributed by atoms with E-state index < -0.39 is 10.0 Å². The summed E-state index contributed by atoms with van der Waals surface area (Å²) in [6.45, 7) is 3.76. The minimum Gasteiger partial charge on any atom is -0.398 e. The summed E-state index contributed by atoms with van der Waals surface area (Å²) in [5, 5.41) is 0.0865. The van der Waals surface area contributed by atoms with Gasteiger partial charge in [0.2, 0.25) is 0 Å². The lowest BCUT2D eigenvalue weighted by Gasteiger charge is -2.15. The van der Waals surface area contributed by atoms with E-state index in [0.717, 1.165) is 11.1 Å². The zero-order valence-electron chi connectivity index (χ0n) is 11.4. The summed E-state index contributed by atoms with van der Waals surface area (Å²) in [6.07, 6.45) is 0. The van der Waals surface area contributed by atoms with E-state index in [1.54, 1.807) is 6.07 Å². The Hall–Kier alpha value is -1.24. The van der Waals surface area contributed by atoms with Gasteiger partial charge in [0.15, 0.2) is 0 Å². The highest BCUT2D eigenvalue weighted by atomic mass is 79.9. The van der Waals surface area contributed by atoms with E-state index in [2.05, 4.69) is 20.7 Å². The number of hydrogen-bond acceptors (Lipinski definition) is 3. The highest BCUT2D eigenvalue weighted by Gasteiger charge is 2.22. The first-order chi connectivity index (χ1) is 9.72. The number of halogens is 2. The Bertz CT molecular complexity index is 763. The highest BCUT2D eigenvalue weighted by molar-refractivity contribution is 9.10. The first kappa shape index (κ1) is 16.1. The Kier molecular flexibility index (Phi) is 4.51. The van der Waals surface area contributed by atoms with Crippen LogP contribution < -0.4 is 10.5 Å². The maximum Gasteiger partial charge on any atom is 0.265 e. The molecule has 0 atom stereocenters. The smallest absolute Gasteiger partial charge is 0.265 e. The summed E-state index contributed by atoms with van der Waals surface area (Å²) >= 11 is 9.34. The quantitative estimate of drug-likeness (QED) is 0.776. The number of aryl methyl sites for hydroxylation is 2. The molecule has 0 heterocycles. The molecule has 0 amide bonds. The largest absolute Gasteiger partial charge is 0.398 e. The van der Waals surface area contributed by atoms with Crippen LogP contribution in [0.1, 0.15) is 11.1 Å². The Morgan fingerprint density at radius 1 is 1.24 bits per heavy atom. The highest BCUT2D eigenvalue weighted by Crippen LogP contribution is 2.33. The molecule has 0 unspecified atom stereocenters. The van der Waals surface area contributed by atoms with Gasteiger partial charge in [0.25, 0.3) is 10.0 Å². The van der Waals surface area contributed by atoms with Crippen LogP contribution >= 0.6 is 27.5 Å². The first-order valence-corrected chi connectivity index (χ1v) is 8.71. The Morgan fingerprint density at radius 3 is 2.48 bits per heavy atom. The van der Waals surface area contributed by atoms with Gasteiger partial charge in [-0.2, -0.15) is 0 Å². The van der Waals surface area contributed by atoms with E-state index in [1.165, 1.54) is 12.1 Å². The van der Waals surface area contributed by atoms with Crippen LogP contribution in [0.15, 0.2) is 39.7 Å². The number of rotatable bonds is 3. The van der Waals surface area contributed by atoms with E-state index >= 15 is 0 Å². The topological polar surface area (TPSA) is 72.2 Å². The maximum atomic E-state index is 12.5. The summed E-state index contributed by atoms with van der Waals surface area (Å²) in [4.78, 5) is -0.112. The van der Waals surface area contributed by atoms with Crippen molar-refractivity contribution in [2.75, 3.05) is 10.5 Å². The third-order valence-corrected chi connectivity index (χ3v) is 5.45. The molecule has 3 N–H and O–H groups in total. The lowest BCUT2D eigenvalue weighted by Crippen LogP contribution is -2.16. The lowest BCUT2D eigenvalue weighted by atomic mass is 10.1. The first-order valence-electron chi connectivity index (χ1n) is 6.06.